The highest BCUT2D eigenvalue weighted by Gasteiger charge is 2.44. The van der Waals surface area contributed by atoms with Crippen LogP contribution in [0.5, 0.6) is 0 Å². The highest BCUT2D eigenvalue weighted by molar-refractivity contribution is 9.10. The Balaban J connectivity index is 1.56. The van der Waals surface area contributed by atoms with Crippen molar-refractivity contribution in [1.82, 2.24) is 4.90 Å². The molecular weight excluding hydrogens is 432 g/mol. The molecule has 5 nitrogen and oxygen atoms in total. The maximum atomic E-state index is 12.8. The number of piperidine rings is 1. The zero-order valence-electron chi connectivity index (χ0n) is 16.7. The van der Waals surface area contributed by atoms with Crippen molar-refractivity contribution in [2.75, 3.05) is 31.6 Å². The zero-order valence-corrected chi connectivity index (χ0v) is 18.3. The smallest absolute Gasteiger partial charge is 0.316 e. The molecule has 6 heteroatoms. The van der Waals surface area contributed by atoms with Crippen molar-refractivity contribution in [3.05, 3.63) is 64.6 Å². The van der Waals surface area contributed by atoms with E-state index < -0.39 is 5.41 Å². The van der Waals surface area contributed by atoms with Crippen molar-refractivity contribution in [2.24, 2.45) is 0 Å². The maximum absolute atomic E-state index is 12.8. The van der Waals surface area contributed by atoms with Crippen LogP contribution in [-0.4, -0.2) is 43.0 Å². The van der Waals surface area contributed by atoms with Crippen molar-refractivity contribution in [1.29, 1.82) is 0 Å². The average molecular weight is 459 g/mol. The Morgan fingerprint density at radius 1 is 1.10 bits per heavy atom. The molecule has 0 bridgehead atoms. The van der Waals surface area contributed by atoms with Gasteiger partial charge in [0.25, 0.3) is 0 Å². The van der Waals surface area contributed by atoms with Gasteiger partial charge in [0.15, 0.2) is 0 Å². The van der Waals surface area contributed by atoms with Gasteiger partial charge in [0.05, 0.1) is 12.0 Å². The number of anilines is 1. The van der Waals surface area contributed by atoms with Crippen LogP contribution < -0.4 is 5.32 Å². The number of rotatable bonds is 7. The van der Waals surface area contributed by atoms with Crippen LogP contribution in [0.15, 0.2) is 59.1 Å². The number of benzene rings is 2. The molecule has 1 heterocycles. The third-order valence-corrected chi connectivity index (χ3v) is 5.96. The molecule has 1 N–H and O–H groups in total. The molecule has 2 aromatic carbocycles. The fourth-order valence-corrected chi connectivity index (χ4v) is 4.24. The average Bonchev–Trinajstić information content (AvgIpc) is 2.73. The summed E-state index contributed by atoms with van der Waals surface area (Å²) in [6.45, 7) is 4.42. The number of likely N-dealkylation sites (tertiary alicyclic amines) is 1. The SMILES string of the molecule is CCOC(=O)C1(c2ccccc2)CCN(CCC(=O)Nc2cccc(Br)c2)CC1. The van der Waals surface area contributed by atoms with Gasteiger partial charge in [-0.2, -0.15) is 0 Å². The Labute approximate surface area is 180 Å². The lowest BCUT2D eigenvalue weighted by Crippen LogP contribution is -2.48. The summed E-state index contributed by atoms with van der Waals surface area (Å²) in [7, 11) is 0. The minimum Gasteiger partial charge on any atom is -0.465 e. The van der Waals surface area contributed by atoms with Crippen molar-refractivity contribution in [2.45, 2.75) is 31.6 Å². The van der Waals surface area contributed by atoms with Gasteiger partial charge in [0.2, 0.25) is 5.91 Å². The molecule has 1 aliphatic rings. The Morgan fingerprint density at radius 2 is 1.83 bits per heavy atom. The maximum Gasteiger partial charge on any atom is 0.316 e. The number of carbonyl (C=O) groups is 2. The second kappa shape index (κ2) is 10.0. The van der Waals surface area contributed by atoms with Crippen LogP contribution in [-0.2, 0) is 19.7 Å². The van der Waals surface area contributed by atoms with E-state index in [1.807, 2.05) is 61.5 Å². The summed E-state index contributed by atoms with van der Waals surface area (Å²) in [5.41, 5.74) is 1.21. The normalized spacial score (nSPS) is 16.2. The molecule has 0 spiro atoms. The van der Waals surface area contributed by atoms with Crippen molar-refractivity contribution in [3.8, 4) is 0 Å². The summed E-state index contributed by atoms with van der Waals surface area (Å²) < 4.78 is 6.36. The molecule has 154 valence electrons. The zero-order chi connectivity index (χ0) is 20.7. The molecule has 0 aliphatic carbocycles. The highest BCUT2D eigenvalue weighted by Crippen LogP contribution is 2.37. The second-order valence-electron chi connectivity index (χ2n) is 7.32. The summed E-state index contributed by atoms with van der Waals surface area (Å²) >= 11 is 3.41. The van der Waals surface area contributed by atoms with Crippen LogP contribution in [0.1, 0.15) is 31.7 Å². The molecule has 1 saturated heterocycles. The van der Waals surface area contributed by atoms with E-state index in [0.29, 0.717) is 32.4 Å². The van der Waals surface area contributed by atoms with E-state index in [0.717, 1.165) is 28.8 Å². The van der Waals surface area contributed by atoms with E-state index in [2.05, 4.69) is 26.1 Å². The van der Waals surface area contributed by atoms with Crippen LogP contribution >= 0.6 is 15.9 Å². The van der Waals surface area contributed by atoms with Gasteiger partial charge in [0, 0.05) is 23.1 Å². The van der Waals surface area contributed by atoms with E-state index >= 15 is 0 Å². The molecule has 29 heavy (non-hydrogen) atoms. The summed E-state index contributed by atoms with van der Waals surface area (Å²) in [5, 5.41) is 2.93. The Bertz CT molecular complexity index is 833. The third kappa shape index (κ3) is 5.46. The predicted molar refractivity (Wildman–Crippen MR) is 118 cm³/mol. The van der Waals surface area contributed by atoms with Crippen LogP contribution in [0.4, 0.5) is 5.69 Å². The number of carbonyl (C=O) groups excluding carboxylic acids is 2. The first kappa shape index (κ1) is 21.5. The Kier molecular flexibility index (Phi) is 7.45. The van der Waals surface area contributed by atoms with Crippen LogP contribution in [0.25, 0.3) is 0 Å². The molecule has 1 amide bonds. The van der Waals surface area contributed by atoms with E-state index in [4.69, 9.17) is 4.74 Å². The number of amides is 1. The lowest BCUT2D eigenvalue weighted by atomic mass is 9.72. The predicted octanol–water partition coefficient (Wildman–Crippen LogP) is 4.37. The Morgan fingerprint density at radius 3 is 2.48 bits per heavy atom. The quantitative estimate of drug-likeness (QED) is 0.625. The lowest BCUT2D eigenvalue weighted by Gasteiger charge is -2.40. The van der Waals surface area contributed by atoms with Crippen molar-refractivity contribution < 1.29 is 14.3 Å². The van der Waals surface area contributed by atoms with Gasteiger partial charge in [0.1, 0.15) is 0 Å². The molecule has 0 saturated carbocycles. The van der Waals surface area contributed by atoms with Crippen molar-refractivity contribution in [3.63, 3.8) is 0 Å². The monoisotopic (exact) mass is 458 g/mol. The number of ether oxygens (including phenoxy) is 1. The van der Waals surface area contributed by atoms with Gasteiger partial charge < -0.3 is 15.0 Å². The van der Waals surface area contributed by atoms with Crippen molar-refractivity contribution >= 4 is 33.5 Å². The number of nitrogens with one attached hydrogen (secondary N) is 1. The largest absolute Gasteiger partial charge is 0.465 e. The topological polar surface area (TPSA) is 58.6 Å². The Hall–Kier alpha value is -2.18. The minimum absolute atomic E-state index is 0.00612. The number of hydrogen-bond donors (Lipinski definition) is 1. The number of hydrogen-bond acceptors (Lipinski definition) is 4. The van der Waals surface area contributed by atoms with E-state index in [9.17, 15) is 9.59 Å². The molecule has 0 aromatic heterocycles. The number of nitrogens with zero attached hydrogens (tertiary/aromatic N) is 1. The summed E-state index contributed by atoms with van der Waals surface area (Å²) in [6.07, 6.45) is 1.82. The van der Waals surface area contributed by atoms with Gasteiger partial charge in [-0.3, -0.25) is 9.59 Å². The van der Waals surface area contributed by atoms with E-state index in [-0.39, 0.29) is 11.9 Å². The van der Waals surface area contributed by atoms with Crippen LogP contribution in [0.2, 0.25) is 0 Å². The molecular formula is C23H27BrN2O3. The second-order valence-corrected chi connectivity index (χ2v) is 8.23. The van der Waals surface area contributed by atoms with Crippen LogP contribution in [0.3, 0.4) is 0 Å². The van der Waals surface area contributed by atoms with Gasteiger partial charge in [-0.05, 0) is 56.6 Å². The first-order chi connectivity index (χ1) is 14.0. The summed E-state index contributed by atoms with van der Waals surface area (Å²) in [5.74, 6) is -0.147. The molecule has 1 aliphatic heterocycles. The lowest BCUT2D eigenvalue weighted by molar-refractivity contribution is -0.152. The molecule has 0 unspecified atom stereocenters. The number of halogens is 1. The fraction of sp³-hybridized carbons (Fsp3) is 0.391. The van der Waals surface area contributed by atoms with Gasteiger partial charge in [-0.1, -0.05) is 52.3 Å². The number of esters is 1. The standard InChI is InChI=1S/C23H27BrN2O3/c1-2-29-22(28)23(18-7-4-3-5-8-18)12-15-26(16-13-23)14-11-21(27)25-20-10-6-9-19(24)17-20/h3-10,17H,2,11-16H2,1H3,(H,25,27). The molecule has 2 aromatic rings. The summed E-state index contributed by atoms with van der Waals surface area (Å²) in [6, 6.07) is 17.5. The molecule has 0 radical (unpaired) electrons. The van der Waals surface area contributed by atoms with Gasteiger partial charge >= 0.3 is 5.97 Å². The highest BCUT2D eigenvalue weighted by atomic mass is 79.9. The minimum atomic E-state index is -0.591. The van der Waals surface area contributed by atoms with Gasteiger partial charge in [-0.15, -0.1) is 0 Å². The summed E-state index contributed by atoms with van der Waals surface area (Å²) in [4.78, 5) is 27.3. The first-order valence-electron chi connectivity index (χ1n) is 10.0. The molecule has 1 fully saturated rings. The fourth-order valence-electron chi connectivity index (χ4n) is 3.84. The third-order valence-electron chi connectivity index (χ3n) is 5.47. The van der Waals surface area contributed by atoms with Gasteiger partial charge in [-0.25, -0.2) is 0 Å². The molecule has 3 rings (SSSR count). The first-order valence-corrected chi connectivity index (χ1v) is 10.8. The van der Waals surface area contributed by atoms with E-state index in [1.165, 1.54) is 0 Å². The van der Waals surface area contributed by atoms with E-state index in [1.54, 1.807) is 0 Å². The molecule has 0 atom stereocenters. The van der Waals surface area contributed by atoms with Crippen LogP contribution in [0, 0.1) is 0 Å².